The highest BCUT2D eigenvalue weighted by Gasteiger charge is 2.62. The number of alkyl halides is 1. The SMILES string of the molecule is OCC[N@+]12CO[C@@H]3CCC[C@H](C[C@H]1CI)[C@@H]32. The number of aliphatic hydroxyl groups excluding tert-OH is 1. The Bertz CT molecular complexity index is 276. The van der Waals surface area contributed by atoms with Crippen molar-refractivity contribution < 1.29 is 14.3 Å². The van der Waals surface area contributed by atoms with Gasteiger partial charge in [0.05, 0.1) is 11.0 Å². The van der Waals surface area contributed by atoms with E-state index in [-0.39, 0.29) is 0 Å². The molecule has 0 aromatic rings. The second-order valence-electron chi connectivity index (χ2n) is 5.61. The molecule has 1 aliphatic carbocycles. The Balaban J connectivity index is 1.92. The molecule has 3 fully saturated rings. The number of ether oxygens (including phenoxy) is 1. The summed E-state index contributed by atoms with van der Waals surface area (Å²) in [5.41, 5.74) is 0. The van der Waals surface area contributed by atoms with Crippen LogP contribution in [0.4, 0.5) is 0 Å². The van der Waals surface area contributed by atoms with E-state index in [1.54, 1.807) is 0 Å². The van der Waals surface area contributed by atoms with Crippen molar-refractivity contribution >= 4 is 22.6 Å². The Kier molecular flexibility index (Phi) is 3.19. The highest BCUT2D eigenvalue weighted by molar-refractivity contribution is 14.1. The number of halogens is 1. The zero-order valence-corrected chi connectivity index (χ0v) is 11.8. The minimum Gasteiger partial charge on any atom is -0.391 e. The number of hydrogen-bond donors (Lipinski definition) is 1. The van der Waals surface area contributed by atoms with Crippen LogP contribution in [0, 0.1) is 5.92 Å². The van der Waals surface area contributed by atoms with Crippen LogP contribution in [0.2, 0.25) is 0 Å². The van der Waals surface area contributed by atoms with Crippen LogP contribution in [-0.4, -0.2) is 52.1 Å². The van der Waals surface area contributed by atoms with Gasteiger partial charge >= 0.3 is 0 Å². The molecular weight excluding hydrogens is 317 g/mol. The van der Waals surface area contributed by atoms with E-state index in [9.17, 15) is 5.11 Å². The van der Waals surface area contributed by atoms with Gasteiger partial charge in [0.25, 0.3) is 0 Å². The van der Waals surface area contributed by atoms with Gasteiger partial charge in [-0.05, 0) is 12.8 Å². The van der Waals surface area contributed by atoms with Gasteiger partial charge in [0.2, 0.25) is 0 Å². The summed E-state index contributed by atoms with van der Waals surface area (Å²) >= 11 is 2.52. The number of hydrogen-bond acceptors (Lipinski definition) is 2. The minimum atomic E-state index is 0.312. The lowest BCUT2D eigenvalue weighted by atomic mass is 9.83. The lowest BCUT2D eigenvalue weighted by Gasteiger charge is -2.40. The third-order valence-corrected chi connectivity index (χ3v) is 6.06. The summed E-state index contributed by atoms with van der Waals surface area (Å²) < 4.78 is 8.32. The normalized spacial score (nSPS) is 50.6. The standard InChI is InChI=1S/C12H21INO2/c13-7-10-6-9-2-1-3-11-12(9)14(10,4-5-15)8-16-11/h9-12,15H,1-8H2/q+1/t9-,10+,11-,12+,14+/m1/s1. The van der Waals surface area contributed by atoms with Gasteiger partial charge in [-0.1, -0.05) is 29.0 Å². The topological polar surface area (TPSA) is 29.5 Å². The molecule has 3 aliphatic rings. The predicted molar refractivity (Wildman–Crippen MR) is 70.4 cm³/mol. The Labute approximate surface area is 111 Å². The van der Waals surface area contributed by atoms with E-state index in [1.165, 1.54) is 30.1 Å². The quantitative estimate of drug-likeness (QED) is 0.480. The zero-order valence-electron chi connectivity index (χ0n) is 9.65. The summed E-state index contributed by atoms with van der Waals surface area (Å²) in [6, 6.07) is 1.44. The molecular formula is C12H21INO2+. The second kappa shape index (κ2) is 4.37. The summed E-state index contributed by atoms with van der Waals surface area (Å²) in [6.07, 6.45) is 5.86. The maximum atomic E-state index is 9.37. The van der Waals surface area contributed by atoms with Gasteiger partial charge in [0.1, 0.15) is 24.7 Å². The fraction of sp³-hybridized carbons (Fsp3) is 1.00. The lowest BCUT2D eigenvalue weighted by molar-refractivity contribution is -0.956. The van der Waals surface area contributed by atoms with E-state index in [4.69, 9.17) is 4.74 Å². The van der Waals surface area contributed by atoms with Gasteiger partial charge in [-0.15, -0.1) is 0 Å². The van der Waals surface area contributed by atoms with Crippen molar-refractivity contribution in [1.82, 2.24) is 0 Å². The van der Waals surface area contributed by atoms with E-state index < -0.39 is 0 Å². The second-order valence-corrected chi connectivity index (χ2v) is 6.49. The molecule has 5 atom stereocenters. The largest absolute Gasteiger partial charge is 0.391 e. The van der Waals surface area contributed by atoms with Crippen molar-refractivity contribution in [3.8, 4) is 0 Å². The molecule has 0 unspecified atom stereocenters. The molecule has 1 N–H and O–H groups in total. The molecule has 2 aliphatic heterocycles. The smallest absolute Gasteiger partial charge is 0.184 e. The average molecular weight is 338 g/mol. The molecule has 2 heterocycles. The number of nitrogens with zero attached hydrogens (tertiary/aromatic N) is 1. The van der Waals surface area contributed by atoms with Gasteiger partial charge in [-0.3, -0.25) is 4.48 Å². The van der Waals surface area contributed by atoms with Crippen LogP contribution in [0.15, 0.2) is 0 Å². The summed E-state index contributed by atoms with van der Waals surface area (Å²) in [4.78, 5) is 0. The zero-order chi connectivity index (χ0) is 11.2. The first-order valence-electron chi connectivity index (χ1n) is 6.46. The number of quaternary nitrogens is 1. The first-order chi connectivity index (χ1) is 7.81. The van der Waals surface area contributed by atoms with Gasteiger partial charge in [-0.25, -0.2) is 0 Å². The Morgan fingerprint density at radius 1 is 1.38 bits per heavy atom. The van der Waals surface area contributed by atoms with Crippen LogP contribution in [0.5, 0.6) is 0 Å². The highest BCUT2D eigenvalue weighted by atomic mass is 127. The van der Waals surface area contributed by atoms with Gasteiger partial charge in [0.15, 0.2) is 6.73 Å². The van der Waals surface area contributed by atoms with Crippen LogP contribution >= 0.6 is 22.6 Å². The average Bonchev–Trinajstić information content (AvgIpc) is 2.82. The molecule has 2 saturated heterocycles. The van der Waals surface area contributed by atoms with Crippen molar-refractivity contribution in [2.45, 2.75) is 43.9 Å². The van der Waals surface area contributed by atoms with Gasteiger partial charge < -0.3 is 9.84 Å². The molecule has 1 saturated carbocycles. The van der Waals surface area contributed by atoms with Crippen LogP contribution in [0.3, 0.4) is 0 Å². The molecule has 3 nitrogen and oxygen atoms in total. The van der Waals surface area contributed by atoms with Crippen molar-refractivity contribution in [3.63, 3.8) is 0 Å². The van der Waals surface area contributed by atoms with Gasteiger partial charge in [0, 0.05) is 12.3 Å². The Hall–Kier alpha value is 0.610. The molecule has 92 valence electrons. The van der Waals surface area contributed by atoms with E-state index in [0.717, 1.165) is 29.7 Å². The van der Waals surface area contributed by atoms with Crippen molar-refractivity contribution in [2.75, 3.05) is 24.3 Å². The summed E-state index contributed by atoms with van der Waals surface area (Å²) in [6.45, 7) is 2.08. The first-order valence-corrected chi connectivity index (χ1v) is 7.99. The summed E-state index contributed by atoms with van der Waals surface area (Å²) in [5.74, 6) is 0.868. The summed E-state index contributed by atoms with van der Waals surface area (Å²) in [5, 5.41) is 9.37. The van der Waals surface area contributed by atoms with E-state index in [2.05, 4.69) is 22.6 Å². The van der Waals surface area contributed by atoms with Crippen molar-refractivity contribution in [1.29, 1.82) is 0 Å². The molecule has 3 rings (SSSR count). The third-order valence-electron chi connectivity index (χ3n) is 5.05. The lowest BCUT2D eigenvalue weighted by Crippen LogP contribution is -2.58. The Morgan fingerprint density at radius 3 is 3.00 bits per heavy atom. The highest BCUT2D eigenvalue weighted by Crippen LogP contribution is 2.49. The van der Waals surface area contributed by atoms with Crippen molar-refractivity contribution in [3.05, 3.63) is 0 Å². The molecule has 0 aromatic carbocycles. The molecule has 0 bridgehead atoms. The molecule has 0 spiro atoms. The molecule has 0 aromatic heterocycles. The molecule has 0 amide bonds. The van der Waals surface area contributed by atoms with E-state index in [0.29, 0.717) is 18.8 Å². The fourth-order valence-corrected chi connectivity index (χ4v) is 5.57. The van der Waals surface area contributed by atoms with E-state index >= 15 is 0 Å². The van der Waals surface area contributed by atoms with Crippen LogP contribution in [-0.2, 0) is 4.74 Å². The van der Waals surface area contributed by atoms with Crippen LogP contribution in [0.25, 0.3) is 0 Å². The predicted octanol–water partition coefficient (Wildman–Crippen LogP) is 1.53. The molecule has 16 heavy (non-hydrogen) atoms. The van der Waals surface area contributed by atoms with Crippen molar-refractivity contribution in [2.24, 2.45) is 5.92 Å². The minimum absolute atomic E-state index is 0.312. The van der Waals surface area contributed by atoms with Crippen LogP contribution < -0.4 is 0 Å². The van der Waals surface area contributed by atoms with Gasteiger partial charge in [-0.2, -0.15) is 0 Å². The number of aliphatic hydroxyl groups is 1. The summed E-state index contributed by atoms with van der Waals surface area (Å²) in [7, 11) is 0. The third kappa shape index (κ3) is 1.49. The molecule has 4 heteroatoms. The van der Waals surface area contributed by atoms with E-state index in [1.807, 2.05) is 0 Å². The van der Waals surface area contributed by atoms with Crippen LogP contribution in [0.1, 0.15) is 25.7 Å². The monoisotopic (exact) mass is 338 g/mol. The molecule has 0 radical (unpaired) electrons. The Morgan fingerprint density at radius 2 is 2.25 bits per heavy atom. The maximum absolute atomic E-state index is 9.37. The fourth-order valence-electron chi connectivity index (χ4n) is 4.43. The number of rotatable bonds is 3. The maximum Gasteiger partial charge on any atom is 0.184 e. The first kappa shape index (κ1) is 11.7.